The molecular weight excluding hydrogens is 520 g/mol. The Hall–Kier alpha value is -3.73. The predicted octanol–water partition coefficient (Wildman–Crippen LogP) is 9.02. The van der Waals surface area contributed by atoms with Gasteiger partial charge in [0, 0.05) is 35.3 Å². The minimum absolute atomic E-state index is 0.130. The van der Waals surface area contributed by atoms with Crippen LogP contribution in [0.15, 0.2) is 89.9 Å². The van der Waals surface area contributed by atoms with Gasteiger partial charge in [0.25, 0.3) is 0 Å². The van der Waals surface area contributed by atoms with E-state index >= 15 is 0 Å². The second-order valence-corrected chi connectivity index (χ2v) is 12.0. The van der Waals surface area contributed by atoms with Crippen LogP contribution in [-0.4, -0.2) is 30.0 Å². The largest absolute Gasteiger partial charge is 0.497 e. The highest BCUT2D eigenvalue weighted by atomic mass is 16.5. The van der Waals surface area contributed by atoms with Crippen molar-refractivity contribution in [2.75, 3.05) is 14.2 Å². The molecule has 0 saturated carbocycles. The average Bonchev–Trinajstić information content (AvgIpc) is 2.95. The molecule has 42 heavy (non-hydrogen) atoms. The van der Waals surface area contributed by atoms with Gasteiger partial charge in [-0.1, -0.05) is 45.1 Å². The number of aryl methyl sites for hydroxylation is 2. The molecule has 224 valence electrons. The van der Waals surface area contributed by atoms with E-state index in [2.05, 4.69) is 39.5 Å². The number of rotatable bonds is 12. The molecule has 0 bridgehead atoms. The summed E-state index contributed by atoms with van der Waals surface area (Å²) in [5.74, 6) is 1.52. The van der Waals surface area contributed by atoms with E-state index in [-0.39, 0.29) is 23.0 Å². The van der Waals surface area contributed by atoms with E-state index in [4.69, 9.17) is 19.4 Å². The first kappa shape index (κ1) is 32.8. The van der Waals surface area contributed by atoms with E-state index in [1.165, 1.54) is 0 Å². The number of hydrogen-bond donors (Lipinski definition) is 0. The van der Waals surface area contributed by atoms with Crippen LogP contribution in [0, 0.1) is 25.2 Å². The van der Waals surface area contributed by atoms with Gasteiger partial charge in [0.15, 0.2) is 0 Å². The third-order valence-corrected chi connectivity index (χ3v) is 8.16. The summed E-state index contributed by atoms with van der Waals surface area (Å²) in [4.78, 5) is 23.3. The Kier molecular flexibility index (Phi) is 11.7. The Bertz CT molecular complexity index is 1390. The van der Waals surface area contributed by atoms with Crippen LogP contribution in [0.2, 0.25) is 0 Å². The number of ketones is 1. The Morgan fingerprint density at radius 2 is 1.79 bits per heavy atom. The third kappa shape index (κ3) is 8.88. The minimum atomic E-state index is -0.267. The summed E-state index contributed by atoms with van der Waals surface area (Å²) in [6.45, 7) is 16.7. The van der Waals surface area contributed by atoms with Crippen molar-refractivity contribution in [3.63, 3.8) is 0 Å². The van der Waals surface area contributed by atoms with E-state index in [0.717, 1.165) is 64.5 Å². The molecule has 0 aromatic carbocycles. The third-order valence-electron chi connectivity index (χ3n) is 8.16. The van der Waals surface area contributed by atoms with E-state index in [1.807, 2.05) is 69.3 Å². The Labute approximate surface area is 253 Å². The zero-order valence-corrected chi connectivity index (χ0v) is 26.8. The lowest BCUT2D eigenvalue weighted by Crippen LogP contribution is -2.31. The SMILES string of the molecule is C=C(C)/C(=C\C(=C/C(CC)c1cccc(C)n1)OC)CCC(=O)C1/C=C(OC)\C=C(\c2cccc(C)n2)CCC1(C)C. The van der Waals surface area contributed by atoms with Crippen LogP contribution in [0.4, 0.5) is 0 Å². The average molecular weight is 569 g/mol. The second-order valence-electron chi connectivity index (χ2n) is 12.0. The molecule has 3 rings (SSSR count). The van der Waals surface area contributed by atoms with Gasteiger partial charge in [-0.3, -0.25) is 14.8 Å². The van der Waals surface area contributed by atoms with E-state index in [0.29, 0.717) is 18.6 Å². The maximum Gasteiger partial charge on any atom is 0.140 e. The lowest BCUT2D eigenvalue weighted by molar-refractivity contribution is -0.124. The van der Waals surface area contributed by atoms with Gasteiger partial charge in [-0.2, -0.15) is 0 Å². The van der Waals surface area contributed by atoms with Gasteiger partial charge in [0.2, 0.25) is 0 Å². The van der Waals surface area contributed by atoms with E-state index < -0.39 is 0 Å². The van der Waals surface area contributed by atoms with E-state index in [9.17, 15) is 4.79 Å². The highest BCUT2D eigenvalue weighted by molar-refractivity contribution is 5.84. The number of nitrogens with zero attached hydrogens (tertiary/aromatic N) is 2. The van der Waals surface area contributed by atoms with Gasteiger partial charge in [-0.15, -0.1) is 0 Å². The van der Waals surface area contributed by atoms with Crippen molar-refractivity contribution >= 4 is 11.4 Å². The number of methoxy groups -OCH3 is 2. The number of aromatic nitrogens is 2. The number of hydrogen-bond acceptors (Lipinski definition) is 5. The lowest BCUT2D eigenvalue weighted by Gasteiger charge is -2.34. The molecule has 2 unspecified atom stereocenters. The molecule has 5 heteroatoms. The van der Waals surface area contributed by atoms with Crippen molar-refractivity contribution in [1.29, 1.82) is 0 Å². The first-order valence-corrected chi connectivity index (χ1v) is 15.0. The number of carbonyl (C=O) groups excluding carboxylic acids is 1. The van der Waals surface area contributed by atoms with Crippen molar-refractivity contribution in [1.82, 2.24) is 9.97 Å². The van der Waals surface area contributed by atoms with Crippen LogP contribution < -0.4 is 0 Å². The van der Waals surface area contributed by atoms with Crippen molar-refractivity contribution in [3.8, 4) is 0 Å². The zero-order valence-electron chi connectivity index (χ0n) is 26.8. The predicted molar refractivity (Wildman–Crippen MR) is 173 cm³/mol. The molecule has 2 atom stereocenters. The molecule has 0 amide bonds. The summed E-state index contributed by atoms with van der Waals surface area (Å²) in [6, 6.07) is 12.2. The Morgan fingerprint density at radius 3 is 2.38 bits per heavy atom. The monoisotopic (exact) mass is 568 g/mol. The number of carbonyl (C=O) groups is 1. The molecular formula is C37H48N2O3. The van der Waals surface area contributed by atoms with Crippen LogP contribution in [0.5, 0.6) is 0 Å². The summed E-state index contributed by atoms with van der Waals surface area (Å²) < 4.78 is 11.5. The molecule has 0 aliphatic heterocycles. The molecule has 0 spiro atoms. The highest BCUT2D eigenvalue weighted by Crippen LogP contribution is 2.40. The fourth-order valence-electron chi connectivity index (χ4n) is 5.42. The van der Waals surface area contributed by atoms with Gasteiger partial charge >= 0.3 is 0 Å². The van der Waals surface area contributed by atoms with Crippen molar-refractivity contribution in [2.45, 2.75) is 79.6 Å². The molecule has 0 fully saturated rings. The van der Waals surface area contributed by atoms with Gasteiger partial charge in [-0.25, -0.2) is 0 Å². The van der Waals surface area contributed by atoms with Crippen LogP contribution in [-0.2, 0) is 14.3 Å². The Morgan fingerprint density at radius 1 is 1.10 bits per heavy atom. The fourth-order valence-corrected chi connectivity index (χ4v) is 5.42. The highest BCUT2D eigenvalue weighted by Gasteiger charge is 2.35. The standard InChI is InChI=1S/C37H48N2O3/c1-10-28(34-15-11-13-26(4)38-34)21-31(41-8)22-29(25(2)3)17-18-36(40)33-24-32(42-9)23-30(19-20-37(33,6)7)35-16-12-14-27(5)39-35/h11-16,21-24,28,33H,2,10,17-20H2,1,3-9H3/b29-22-,30-23+,31-21+,32-24+. The molecule has 2 aromatic heterocycles. The molecule has 5 nitrogen and oxygen atoms in total. The zero-order chi connectivity index (χ0) is 30.9. The van der Waals surface area contributed by atoms with Crippen molar-refractivity contribution < 1.29 is 14.3 Å². The molecule has 0 saturated heterocycles. The second kappa shape index (κ2) is 14.9. The first-order chi connectivity index (χ1) is 20.0. The molecule has 1 aliphatic carbocycles. The molecule has 1 aliphatic rings. The molecule has 2 aromatic rings. The van der Waals surface area contributed by atoms with Crippen LogP contribution in [0.1, 0.15) is 88.5 Å². The summed E-state index contributed by atoms with van der Waals surface area (Å²) in [5, 5.41) is 0. The van der Waals surface area contributed by atoms with Gasteiger partial charge in [0.05, 0.1) is 19.9 Å². The van der Waals surface area contributed by atoms with Crippen LogP contribution in [0.3, 0.4) is 0 Å². The lowest BCUT2D eigenvalue weighted by atomic mass is 9.70. The number of ether oxygens (including phenoxy) is 2. The van der Waals surface area contributed by atoms with Crippen molar-refractivity contribution in [3.05, 3.63) is 113 Å². The van der Waals surface area contributed by atoms with Crippen LogP contribution >= 0.6 is 0 Å². The minimum Gasteiger partial charge on any atom is -0.497 e. The summed E-state index contributed by atoms with van der Waals surface area (Å²) in [7, 11) is 3.35. The van der Waals surface area contributed by atoms with Gasteiger partial charge < -0.3 is 9.47 Å². The summed E-state index contributed by atoms with van der Waals surface area (Å²) in [5.41, 5.74) is 6.78. The maximum absolute atomic E-state index is 13.8. The topological polar surface area (TPSA) is 61.3 Å². The van der Waals surface area contributed by atoms with Gasteiger partial charge in [-0.05, 0) is 112 Å². The number of allylic oxidation sites excluding steroid dienone is 7. The molecule has 2 heterocycles. The normalized spacial score (nSPS) is 20.7. The van der Waals surface area contributed by atoms with Gasteiger partial charge in [0.1, 0.15) is 17.3 Å². The molecule has 0 radical (unpaired) electrons. The van der Waals surface area contributed by atoms with E-state index in [1.54, 1.807) is 14.2 Å². The maximum atomic E-state index is 13.8. The molecule has 0 N–H and O–H groups in total. The summed E-state index contributed by atoms with van der Waals surface area (Å²) >= 11 is 0. The summed E-state index contributed by atoms with van der Waals surface area (Å²) in [6.07, 6.45) is 11.8. The first-order valence-electron chi connectivity index (χ1n) is 15.0. The number of Topliss-reactive ketones (excluding diaryl/α,β-unsaturated/α-hetero) is 1. The van der Waals surface area contributed by atoms with Crippen LogP contribution in [0.25, 0.3) is 5.57 Å². The fraction of sp³-hybridized carbons (Fsp3) is 0.432. The van der Waals surface area contributed by atoms with Crippen molar-refractivity contribution in [2.24, 2.45) is 11.3 Å². The Balaban J connectivity index is 1.85. The smallest absolute Gasteiger partial charge is 0.140 e. The number of pyridine rings is 2. The quantitative estimate of drug-likeness (QED) is 0.189.